The summed E-state index contributed by atoms with van der Waals surface area (Å²) in [5, 5.41) is 0. The quantitative estimate of drug-likeness (QED) is 0.501. The van der Waals surface area contributed by atoms with E-state index in [4.69, 9.17) is 0 Å². The Balaban J connectivity index is 4.34. The molecule has 0 rings (SSSR count). The number of hydrogen-bond acceptors (Lipinski definition) is 1. The van der Waals surface area contributed by atoms with Crippen LogP contribution >= 0.6 is 0 Å². The second kappa shape index (κ2) is 3.39. The summed E-state index contributed by atoms with van der Waals surface area (Å²) in [4.78, 5) is 10.0. The van der Waals surface area contributed by atoms with Gasteiger partial charge in [0, 0.05) is 12.0 Å². The van der Waals surface area contributed by atoms with Crippen molar-refractivity contribution < 1.29 is 31.1 Å². The molecule has 0 saturated carbocycles. The highest BCUT2D eigenvalue weighted by Gasteiger charge is 2.42. The molecule has 0 aromatic heterocycles. The minimum absolute atomic E-state index is 1.70. The smallest absolute Gasteiger partial charge is 0.289 e. The van der Waals surface area contributed by atoms with E-state index in [1.807, 2.05) is 0 Å². The maximum atomic E-state index is 11.6. The van der Waals surface area contributed by atoms with E-state index in [-0.39, 0.29) is 0 Å². The van der Waals surface area contributed by atoms with Gasteiger partial charge in [0.15, 0.2) is 0 Å². The molecule has 0 radical (unpaired) electrons. The molecule has 0 heterocycles. The molecule has 0 aromatic rings. The molecular weight excluding hydrogens is 202 g/mol. The van der Waals surface area contributed by atoms with Gasteiger partial charge in [-0.15, -0.1) is 0 Å². The van der Waals surface area contributed by atoms with Crippen LogP contribution < -0.4 is 0 Å². The summed E-state index contributed by atoms with van der Waals surface area (Å²) in [7, 11) is 0. The lowest BCUT2D eigenvalue weighted by Crippen LogP contribution is -2.25. The number of ketones is 1. The van der Waals surface area contributed by atoms with E-state index in [0.717, 1.165) is 0 Å². The zero-order valence-electron chi connectivity index (χ0n) is 6.09. The summed E-state index contributed by atoms with van der Waals surface area (Å²) in [5.74, 6) is -2.45. The molecule has 0 fully saturated rings. The third-order valence-electron chi connectivity index (χ3n) is 1.09. The van der Waals surface area contributed by atoms with Crippen LogP contribution in [0.3, 0.4) is 0 Å². The second-order valence-corrected chi connectivity index (χ2v) is 2.20. The Morgan fingerprint density at radius 1 is 1.00 bits per heavy atom. The Kier molecular flexibility index (Phi) is 3.13. The van der Waals surface area contributed by atoms with E-state index in [1.54, 1.807) is 0 Å². The van der Waals surface area contributed by atoms with E-state index in [2.05, 4.69) is 6.58 Å². The van der Waals surface area contributed by atoms with Crippen LogP contribution in [0, 0.1) is 0 Å². The summed E-state index contributed by atoms with van der Waals surface area (Å²) in [6.07, 6.45) is -11.9. The molecule has 0 saturated heterocycles. The summed E-state index contributed by atoms with van der Waals surface area (Å²) < 4.78 is 69.1. The van der Waals surface area contributed by atoms with Crippen LogP contribution in [0.4, 0.5) is 26.3 Å². The molecule has 0 aromatic carbocycles. The fourth-order valence-corrected chi connectivity index (χ4v) is 0.394. The van der Waals surface area contributed by atoms with Gasteiger partial charge in [-0.2, -0.15) is 26.3 Å². The summed E-state index contributed by atoms with van der Waals surface area (Å²) >= 11 is 0. The van der Waals surface area contributed by atoms with Crippen LogP contribution in [0.2, 0.25) is 0 Å². The first-order valence-electron chi connectivity index (χ1n) is 2.90. The first-order valence-corrected chi connectivity index (χ1v) is 2.90. The van der Waals surface area contributed by atoms with Gasteiger partial charge < -0.3 is 0 Å². The van der Waals surface area contributed by atoms with E-state index in [1.165, 1.54) is 0 Å². The monoisotopic (exact) mass is 206 g/mol. The van der Waals surface area contributed by atoms with Gasteiger partial charge in [0.05, 0.1) is 0 Å². The molecule has 0 bridgehead atoms. The molecule has 13 heavy (non-hydrogen) atoms. The highest BCUT2D eigenvalue weighted by molar-refractivity contribution is 5.86. The summed E-state index contributed by atoms with van der Waals surface area (Å²) in [6, 6.07) is 0. The number of halogens is 6. The number of hydrogen-bond donors (Lipinski definition) is 0. The van der Waals surface area contributed by atoms with Crippen LogP contribution in [-0.4, -0.2) is 18.1 Å². The number of carbonyl (C=O) groups is 1. The van der Waals surface area contributed by atoms with Crippen molar-refractivity contribution in [3.05, 3.63) is 12.2 Å². The molecule has 0 N–H and O–H groups in total. The minimum atomic E-state index is -5.24. The molecular formula is C6H4F6O. The molecule has 0 unspecified atom stereocenters. The second-order valence-electron chi connectivity index (χ2n) is 2.20. The van der Waals surface area contributed by atoms with E-state index >= 15 is 0 Å². The van der Waals surface area contributed by atoms with Crippen molar-refractivity contribution in [1.29, 1.82) is 0 Å². The highest BCUT2D eigenvalue weighted by atomic mass is 19.4. The molecule has 76 valence electrons. The molecule has 1 nitrogen and oxygen atoms in total. The highest BCUT2D eigenvalue weighted by Crippen LogP contribution is 2.29. The number of rotatable bonds is 2. The predicted octanol–water partition coefficient (Wildman–Crippen LogP) is 2.63. The normalized spacial score (nSPS) is 12.8. The topological polar surface area (TPSA) is 17.1 Å². The summed E-state index contributed by atoms with van der Waals surface area (Å²) in [6.45, 7) is 2.33. The SMILES string of the molecule is C=C(CC(=O)C(F)(F)F)C(F)(F)F. The van der Waals surface area contributed by atoms with Crippen molar-refractivity contribution in [3.63, 3.8) is 0 Å². The van der Waals surface area contributed by atoms with E-state index in [0.29, 0.717) is 0 Å². The fraction of sp³-hybridized carbons (Fsp3) is 0.500. The van der Waals surface area contributed by atoms with Gasteiger partial charge in [-0.1, -0.05) is 6.58 Å². The van der Waals surface area contributed by atoms with Crippen LogP contribution in [0.15, 0.2) is 12.2 Å². The standard InChI is InChI=1S/C6H4F6O/c1-3(5(7,8)9)2-4(13)6(10,11)12/h1-2H2. The average Bonchev–Trinajstić information content (AvgIpc) is 1.82. The van der Waals surface area contributed by atoms with E-state index < -0.39 is 30.1 Å². The van der Waals surface area contributed by atoms with Crippen molar-refractivity contribution >= 4 is 5.78 Å². The van der Waals surface area contributed by atoms with Crippen molar-refractivity contribution in [1.82, 2.24) is 0 Å². The van der Waals surface area contributed by atoms with Crippen molar-refractivity contribution in [2.45, 2.75) is 18.8 Å². The van der Waals surface area contributed by atoms with Crippen molar-refractivity contribution in [3.8, 4) is 0 Å². The Labute approximate surface area is 69.0 Å². The molecule has 0 aliphatic heterocycles. The number of carbonyl (C=O) groups excluding carboxylic acids is 1. The summed E-state index contributed by atoms with van der Waals surface area (Å²) in [5.41, 5.74) is -1.70. The lowest BCUT2D eigenvalue weighted by molar-refractivity contribution is -0.172. The number of allylic oxidation sites excluding steroid dienone is 1. The van der Waals surface area contributed by atoms with Gasteiger partial charge in [0.1, 0.15) is 0 Å². The zero-order valence-corrected chi connectivity index (χ0v) is 6.09. The van der Waals surface area contributed by atoms with Crippen LogP contribution in [0.1, 0.15) is 6.42 Å². The first kappa shape index (κ1) is 12.0. The molecule has 0 atom stereocenters. The van der Waals surface area contributed by atoms with Crippen molar-refractivity contribution in [2.75, 3.05) is 0 Å². The Morgan fingerprint density at radius 2 is 1.38 bits per heavy atom. The average molecular weight is 206 g/mol. The number of alkyl halides is 6. The molecule has 0 aliphatic carbocycles. The molecule has 0 spiro atoms. The molecule has 7 heteroatoms. The predicted molar refractivity (Wildman–Crippen MR) is 30.9 cm³/mol. The lowest BCUT2D eigenvalue weighted by atomic mass is 10.1. The Bertz CT molecular complexity index is 198. The van der Waals surface area contributed by atoms with Gasteiger partial charge in [-0.25, -0.2) is 0 Å². The Hall–Kier alpha value is -1.01. The maximum Gasteiger partial charge on any atom is 0.450 e. The van der Waals surface area contributed by atoms with Gasteiger partial charge in [-0.05, 0) is 0 Å². The van der Waals surface area contributed by atoms with Crippen LogP contribution in [-0.2, 0) is 4.79 Å². The fourth-order valence-electron chi connectivity index (χ4n) is 0.394. The first-order chi connectivity index (χ1) is 5.55. The molecule has 0 aliphatic rings. The van der Waals surface area contributed by atoms with Gasteiger partial charge in [0.2, 0.25) is 5.78 Å². The van der Waals surface area contributed by atoms with Crippen LogP contribution in [0.5, 0.6) is 0 Å². The third-order valence-corrected chi connectivity index (χ3v) is 1.09. The largest absolute Gasteiger partial charge is 0.450 e. The zero-order chi connectivity index (χ0) is 10.9. The third kappa shape index (κ3) is 3.95. The van der Waals surface area contributed by atoms with Crippen LogP contribution in [0.25, 0.3) is 0 Å². The van der Waals surface area contributed by atoms with E-state index in [9.17, 15) is 31.1 Å². The molecule has 0 amide bonds. The number of Topliss-reactive ketones (excluding diaryl/α,β-unsaturated/α-hetero) is 1. The maximum absolute atomic E-state index is 11.6. The van der Waals surface area contributed by atoms with Gasteiger partial charge in [-0.3, -0.25) is 4.79 Å². The lowest BCUT2D eigenvalue weighted by Gasteiger charge is -2.10. The van der Waals surface area contributed by atoms with Gasteiger partial charge in [0.25, 0.3) is 0 Å². The minimum Gasteiger partial charge on any atom is -0.289 e. The Morgan fingerprint density at radius 3 is 1.62 bits per heavy atom. The van der Waals surface area contributed by atoms with Gasteiger partial charge >= 0.3 is 12.4 Å². The van der Waals surface area contributed by atoms with Crippen molar-refractivity contribution in [2.24, 2.45) is 0 Å².